The number of aromatic nitrogens is 2. The van der Waals surface area contributed by atoms with Gasteiger partial charge in [0.05, 0.1) is 0 Å². The lowest BCUT2D eigenvalue weighted by Gasteiger charge is -2.24. The molecule has 0 atom stereocenters. The van der Waals surface area contributed by atoms with Gasteiger partial charge < -0.3 is 10.2 Å². The van der Waals surface area contributed by atoms with Crippen molar-refractivity contribution in [1.82, 2.24) is 9.97 Å². The summed E-state index contributed by atoms with van der Waals surface area (Å²) in [6.45, 7) is 8.60. The Labute approximate surface area is 104 Å². The second kappa shape index (κ2) is 7.09. The van der Waals surface area contributed by atoms with Crippen LogP contribution >= 0.6 is 0 Å². The Balaban J connectivity index is 3.10. The molecule has 1 aromatic heterocycles. The Hall–Kier alpha value is -1.32. The minimum atomic E-state index is 0.964. The zero-order valence-corrected chi connectivity index (χ0v) is 11.5. The first-order chi connectivity index (χ1) is 8.28. The lowest BCUT2D eigenvalue weighted by Crippen LogP contribution is -2.26. The van der Waals surface area contributed by atoms with Gasteiger partial charge in [-0.15, -0.1) is 0 Å². The molecule has 0 saturated heterocycles. The molecule has 4 heteroatoms. The van der Waals surface area contributed by atoms with Crippen LogP contribution in [0.4, 0.5) is 11.6 Å². The predicted molar refractivity (Wildman–Crippen MR) is 73.8 cm³/mol. The smallest absolute Gasteiger partial charge is 0.137 e. The van der Waals surface area contributed by atoms with Crippen LogP contribution in [-0.4, -0.2) is 30.1 Å². The molecule has 17 heavy (non-hydrogen) atoms. The van der Waals surface area contributed by atoms with Gasteiger partial charge in [-0.05, 0) is 19.8 Å². The molecular weight excluding hydrogens is 212 g/mol. The monoisotopic (exact) mass is 236 g/mol. The summed E-state index contributed by atoms with van der Waals surface area (Å²) in [5.74, 6) is 2.06. The molecule has 0 saturated carbocycles. The molecule has 0 aliphatic rings. The topological polar surface area (TPSA) is 41.1 Å². The molecule has 0 spiro atoms. The normalized spacial score (nSPS) is 10.4. The van der Waals surface area contributed by atoms with Crippen LogP contribution in [0.1, 0.15) is 39.2 Å². The number of nitrogens with zero attached hydrogens (tertiary/aromatic N) is 3. The maximum atomic E-state index is 4.47. The molecule has 1 rings (SSSR count). The maximum absolute atomic E-state index is 4.47. The highest BCUT2D eigenvalue weighted by Crippen LogP contribution is 2.24. The van der Waals surface area contributed by atoms with Gasteiger partial charge >= 0.3 is 0 Å². The van der Waals surface area contributed by atoms with E-state index in [1.54, 1.807) is 6.33 Å². The second-order valence-corrected chi connectivity index (χ2v) is 4.10. The summed E-state index contributed by atoms with van der Waals surface area (Å²) in [5, 5.41) is 3.16. The van der Waals surface area contributed by atoms with Gasteiger partial charge in [0.2, 0.25) is 0 Å². The SMILES string of the molecule is CCCc1c(NC)ncnc1N(CC)CCC. The van der Waals surface area contributed by atoms with Crippen molar-refractivity contribution in [2.24, 2.45) is 0 Å². The van der Waals surface area contributed by atoms with Gasteiger partial charge in [0.15, 0.2) is 0 Å². The highest BCUT2D eigenvalue weighted by Gasteiger charge is 2.14. The molecule has 96 valence electrons. The quantitative estimate of drug-likeness (QED) is 0.790. The first kappa shape index (κ1) is 13.7. The fourth-order valence-electron chi connectivity index (χ4n) is 2.05. The van der Waals surface area contributed by atoms with Gasteiger partial charge in [0, 0.05) is 25.7 Å². The number of anilines is 2. The van der Waals surface area contributed by atoms with E-state index in [2.05, 4.69) is 41.0 Å². The molecule has 0 aliphatic carbocycles. The first-order valence-corrected chi connectivity index (χ1v) is 6.54. The van der Waals surface area contributed by atoms with E-state index in [1.807, 2.05) is 7.05 Å². The number of rotatable bonds is 7. The third kappa shape index (κ3) is 3.32. The van der Waals surface area contributed by atoms with Crippen molar-refractivity contribution < 1.29 is 0 Å². The fourth-order valence-corrected chi connectivity index (χ4v) is 2.05. The van der Waals surface area contributed by atoms with Gasteiger partial charge in [-0.2, -0.15) is 0 Å². The molecule has 4 nitrogen and oxygen atoms in total. The number of hydrogen-bond donors (Lipinski definition) is 1. The average Bonchev–Trinajstić information content (AvgIpc) is 2.37. The van der Waals surface area contributed by atoms with Gasteiger partial charge in [-0.25, -0.2) is 9.97 Å². The molecule has 0 aromatic carbocycles. The maximum Gasteiger partial charge on any atom is 0.137 e. The molecule has 1 heterocycles. The molecule has 0 radical (unpaired) electrons. The van der Waals surface area contributed by atoms with Crippen LogP contribution in [0.15, 0.2) is 6.33 Å². The van der Waals surface area contributed by atoms with Gasteiger partial charge in [0.25, 0.3) is 0 Å². The van der Waals surface area contributed by atoms with E-state index in [0.717, 1.165) is 44.0 Å². The Morgan fingerprint density at radius 1 is 1.18 bits per heavy atom. The second-order valence-electron chi connectivity index (χ2n) is 4.10. The van der Waals surface area contributed by atoms with Gasteiger partial charge in [-0.3, -0.25) is 0 Å². The highest BCUT2D eigenvalue weighted by atomic mass is 15.2. The predicted octanol–water partition coefficient (Wildman–Crippen LogP) is 2.71. The molecule has 0 bridgehead atoms. The van der Waals surface area contributed by atoms with E-state index >= 15 is 0 Å². The Bertz CT molecular complexity index is 338. The molecule has 1 aromatic rings. The van der Waals surface area contributed by atoms with Crippen molar-refractivity contribution in [3.05, 3.63) is 11.9 Å². The van der Waals surface area contributed by atoms with Crippen LogP contribution in [0.3, 0.4) is 0 Å². The highest BCUT2D eigenvalue weighted by molar-refractivity contribution is 5.58. The van der Waals surface area contributed by atoms with Crippen molar-refractivity contribution in [1.29, 1.82) is 0 Å². The zero-order chi connectivity index (χ0) is 12.7. The molecule has 0 amide bonds. The summed E-state index contributed by atoms with van der Waals surface area (Å²) in [6.07, 6.45) is 4.92. The third-order valence-electron chi connectivity index (χ3n) is 2.83. The summed E-state index contributed by atoms with van der Waals surface area (Å²) in [7, 11) is 1.92. The van der Waals surface area contributed by atoms with Crippen molar-refractivity contribution in [2.45, 2.75) is 40.0 Å². The number of nitrogens with one attached hydrogen (secondary N) is 1. The van der Waals surface area contributed by atoms with Gasteiger partial charge in [-0.1, -0.05) is 20.3 Å². The van der Waals surface area contributed by atoms with Crippen LogP contribution in [-0.2, 0) is 6.42 Å². The van der Waals surface area contributed by atoms with Gasteiger partial charge in [0.1, 0.15) is 18.0 Å². The first-order valence-electron chi connectivity index (χ1n) is 6.54. The Morgan fingerprint density at radius 3 is 2.47 bits per heavy atom. The van der Waals surface area contributed by atoms with Crippen LogP contribution < -0.4 is 10.2 Å². The summed E-state index contributed by atoms with van der Waals surface area (Å²) < 4.78 is 0. The van der Waals surface area contributed by atoms with E-state index in [1.165, 1.54) is 5.56 Å². The van der Waals surface area contributed by atoms with E-state index in [-0.39, 0.29) is 0 Å². The molecule has 0 aliphatic heterocycles. The van der Waals surface area contributed by atoms with Crippen LogP contribution in [0.25, 0.3) is 0 Å². The summed E-state index contributed by atoms with van der Waals surface area (Å²) in [5.41, 5.74) is 1.24. The van der Waals surface area contributed by atoms with Crippen LogP contribution in [0.5, 0.6) is 0 Å². The van der Waals surface area contributed by atoms with Crippen LogP contribution in [0, 0.1) is 0 Å². The molecule has 0 fully saturated rings. The van der Waals surface area contributed by atoms with Crippen molar-refractivity contribution in [2.75, 3.05) is 30.4 Å². The minimum Gasteiger partial charge on any atom is -0.373 e. The largest absolute Gasteiger partial charge is 0.373 e. The van der Waals surface area contributed by atoms with E-state index < -0.39 is 0 Å². The third-order valence-corrected chi connectivity index (χ3v) is 2.83. The van der Waals surface area contributed by atoms with Crippen LogP contribution in [0.2, 0.25) is 0 Å². The summed E-state index contributed by atoms with van der Waals surface area (Å²) in [4.78, 5) is 11.1. The standard InChI is InChI=1S/C13H24N4/c1-5-8-11-12(14-4)15-10-16-13(11)17(7-3)9-6-2/h10H,5-9H2,1-4H3,(H,14,15,16). The summed E-state index contributed by atoms with van der Waals surface area (Å²) >= 11 is 0. The van der Waals surface area contributed by atoms with Crippen molar-refractivity contribution in [3.8, 4) is 0 Å². The van der Waals surface area contributed by atoms with E-state index in [0.29, 0.717) is 0 Å². The molecule has 0 unspecified atom stereocenters. The summed E-state index contributed by atoms with van der Waals surface area (Å²) in [6, 6.07) is 0. The lowest BCUT2D eigenvalue weighted by molar-refractivity contribution is 0.763. The van der Waals surface area contributed by atoms with Crippen molar-refractivity contribution >= 4 is 11.6 Å². The fraction of sp³-hybridized carbons (Fsp3) is 0.692. The minimum absolute atomic E-state index is 0.964. The van der Waals surface area contributed by atoms with E-state index in [9.17, 15) is 0 Å². The zero-order valence-electron chi connectivity index (χ0n) is 11.5. The average molecular weight is 236 g/mol. The lowest BCUT2D eigenvalue weighted by atomic mass is 10.1. The molecular formula is C13H24N4. The van der Waals surface area contributed by atoms with Crippen molar-refractivity contribution in [3.63, 3.8) is 0 Å². The Morgan fingerprint density at radius 2 is 1.94 bits per heavy atom. The van der Waals surface area contributed by atoms with E-state index in [4.69, 9.17) is 0 Å². The Kier molecular flexibility index (Phi) is 5.73. The molecule has 1 N–H and O–H groups in total. The number of hydrogen-bond acceptors (Lipinski definition) is 4.